The summed E-state index contributed by atoms with van der Waals surface area (Å²) in [4.78, 5) is 9.21. The van der Waals surface area contributed by atoms with Crippen LogP contribution in [0.15, 0.2) is 79.0 Å². The fourth-order valence-corrected chi connectivity index (χ4v) is 6.04. The Kier molecular flexibility index (Phi) is 6.59. The number of rotatable bonds is 5. The van der Waals surface area contributed by atoms with Crippen molar-refractivity contribution < 1.29 is 9.13 Å². The molecule has 2 aliphatic heterocycles. The molecule has 0 amide bonds. The minimum Gasteiger partial charge on any atom is -0.378 e. The van der Waals surface area contributed by atoms with Gasteiger partial charge in [0.25, 0.3) is 0 Å². The smallest absolute Gasteiger partial charge is 0.174 e. The Balaban J connectivity index is 1.43. The number of ether oxygens (including phenoxy) is 1. The van der Waals surface area contributed by atoms with Crippen LogP contribution < -0.4 is 15.1 Å². The first-order chi connectivity index (χ1) is 18.5. The van der Waals surface area contributed by atoms with Crippen molar-refractivity contribution in [3.63, 3.8) is 0 Å². The lowest BCUT2D eigenvalue weighted by atomic mass is 9.96. The highest BCUT2D eigenvalue weighted by molar-refractivity contribution is 7.80. The van der Waals surface area contributed by atoms with Crippen LogP contribution in [0.25, 0.3) is 5.69 Å². The van der Waals surface area contributed by atoms with E-state index in [1.54, 1.807) is 12.1 Å². The summed E-state index contributed by atoms with van der Waals surface area (Å²) in [5, 5.41) is 4.20. The molecule has 1 N–H and O–H groups in total. The second-order valence-corrected chi connectivity index (χ2v) is 10.1. The molecule has 8 heteroatoms. The Morgan fingerprint density at radius 2 is 1.68 bits per heavy atom. The van der Waals surface area contributed by atoms with Crippen LogP contribution in [-0.2, 0) is 4.74 Å². The van der Waals surface area contributed by atoms with E-state index in [0.717, 1.165) is 60.3 Å². The molecule has 0 aliphatic carbocycles. The van der Waals surface area contributed by atoms with Gasteiger partial charge in [0, 0.05) is 47.7 Å². The van der Waals surface area contributed by atoms with Crippen LogP contribution in [0.3, 0.4) is 0 Å². The third kappa shape index (κ3) is 4.44. The first kappa shape index (κ1) is 24.6. The number of pyridine rings is 1. The average Bonchev–Trinajstić information content (AvgIpc) is 3.44. The molecule has 194 valence electrons. The van der Waals surface area contributed by atoms with E-state index >= 15 is 0 Å². The number of hydrogen-bond donors (Lipinski definition) is 1. The molecule has 6 rings (SSSR count). The molecule has 6 nitrogen and oxygen atoms in total. The Labute approximate surface area is 227 Å². The maximum absolute atomic E-state index is 14.1. The van der Waals surface area contributed by atoms with Crippen molar-refractivity contribution in [2.75, 3.05) is 36.1 Å². The van der Waals surface area contributed by atoms with Crippen LogP contribution >= 0.6 is 12.2 Å². The lowest BCUT2D eigenvalue weighted by Gasteiger charge is -2.31. The van der Waals surface area contributed by atoms with Crippen LogP contribution in [0.5, 0.6) is 0 Å². The van der Waals surface area contributed by atoms with Gasteiger partial charge in [0.1, 0.15) is 5.82 Å². The molecule has 2 aromatic heterocycles. The molecule has 0 saturated carbocycles. The molecule has 2 aliphatic rings. The molecule has 4 heterocycles. The standard InChI is InChI=1S/C30H30FN5OS/c1-20-18-26(21(2)35(20)25-7-5-6-22(31)19-25)29-28(27-8-3-4-13-32-27)33-30(38)36(29)24-11-9-23(10-12-24)34-14-16-37-17-15-34/h3-13,18-19,28-29H,14-17H2,1-2H3,(H,33,38)/t28-,29-/m1/s1. The number of thiocarbonyl (C=S) groups is 1. The van der Waals surface area contributed by atoms with Crippen molar-refractivity contribution in [3.05, 3.63) is 107 Å². The van der Waals surface area contributed by atoms with Crippen molar-refractivity contribution in [2.24, 2.45) is 0 Å². The zero-order valence-electron chi connectivity index (χ0n) is 21.5. The SMILES string of the molecule is Cc1cc([C@@H]2[C@@H](c3ccccn3)NC(=S)N2c2ccc(N3CCOCC3)cc2)c(C)n1-c1cccc(F)c1. The second-order valence-electron chi connectivity index (χ2n) is 9.75. The van der Waals surface area contributed by atoms with Crippen molar-refractivity contribution >= 4 is 28.7 Å². The van der Waals surface area contributed by atoms with Gasteiger partial charge in [-0.2, -0.15) is 0 Å². The number of halogens is 1. The van der Waals surface area contributed by atoms with Crippen LogP contribution in [0, 0.1) is 19.7 Å². The molecule has 0 bridgehead atoms. The Hall–Kier alpha value is -3.75. The monoisotopic (exact) mass is 527 g/mol. The number of nitrogens with one attached hydrogen (secondary N) is 1. The van der Waals surface area contributed by atoms with Crippen molar-refractivity contribution in [3.8, 4) is 5.69 Å². The summed E-state index contributed by atoms with van der Waals surface area (Å²) >= 11 is 5.93. The number of anilines is 2. The third-order valence-electron chi connectivity index (χ3n) is 7.46. The van der Waals surface area contributed by atoms with Gasteiger partial charge in [-0.05, 0) is 92.3 Å². The van der Waals surface area contributed by atoms with E-state index in [1.807, 2.05) is 30.5 Å². The molecule has 2 aromatic carbocycles. The zero-order valence-corrected chi connectivity index (χ0v) is 22.3. The van der Waals surface area contributed by atoms with Gasteiger partial charge in [0.05, 0.1) is 31.0 Å². The van der Waals surface area contributed by atoms with Gasteiger partial charge < -0.3 is 24.4 Å². The average molecular weight is 528 g/mol. The number of hydrogen-bond acceptors (Lipinski definition) is 4. The van der Waals surface area contributed by atoms with Gasteiger partial charge >= 0.3 is 0 Å². The Bertz CT molecular complexity index is 1450. The largest absolute Gasteiger partial charge is 0.378 e. The summed E-state index contributed by atoms with van der Waals surface area (Å²) in [5.41, 5.74) is 7.10. The molecule has 0 unspecified atom stereocenters. The van der Waals surface area contributed by atoms with Crippen LogP contribution in [0.4, 0.5) is 15.8 Å². The molecule has 2 saturated heterocycles. The summed E-state index contributed by atoms with van der Waals surface area (Å²) in [7, 11) is 0. The van der Waals surface area contributed by atoms with E-state index in [9.17, 15) is 4.39 Å². The fraction of sp³-hybridized carbons (Fsp3) is 0.267. The van der Waals surface area contributed by atoms with Crippen molar-refractivity contribution in [1.29, 1.82) is 0 Å². The molecule has 2 fully saturated rings. The van der Waals surface area contributed by atoms with Crippen molar-refractivity contribution in [2.45, 2.75) is 25.9 Å². The Morgan fingerprint density at radius 1 is 0.921 bits per heavy atom. The zero-order chi connectivity index (χ0) is 26.2. The maximum atomic E-state index is 14.1. The van der Waals surface area contributed by atoms with Crippen LogP contribution in [0.1, 0.15) is 34.7 Å². The molecule has 4 aromatic rings. The second kappa shape index (κ2) is 10.2. The van der Waals surface area contributed by atoms with Gasteiger partial charge in [0.15, 0.2) is 5.11 Å². The van der Waals surface area contributed by atoms with Gasteiger partial charge in [-0.3, -0.25) is 4.98 Å². The number of aromatic nitrogens is 2. The van der Waals surface area contributed by atoms with E-state index < -0.39 is 0 Å². The third-order valence-corrected chi connectivity index (χ3v) is 7.77. The predicted molar refractivity (Wildman–Crippen MR) is 153 cm³/mol. The van der Waals surface area contributed by atoms with Crippen LogP contribution in [0.2, 0.25) is 0 Å². The minimum absolute atomic E-state index is 0.139. The summed E-state index contributed by atoms with van der Waals surface area (Å²) < 4.78 is 21.8. The first-order valence-electron chi connectivity index (χ1n) is 12.9. The molecule has 2 atom stereocenters. The lowest BCUT2D eigenvalue weighted by molar-refractivity contribution is 0.122. The molecule has 38 heavy (non-hydrogen) atoms. The fourth-order valence-electron chi connectivity index (χ4n) is 5.69. The van der Waals surface area contributed by atoms with E-state index in [2.05, 4.69) is 68.8 Å². The van der Waals surface area contributed by atoms with E-state index in [0.29, 0.717) is 5.11 Å². The highest BCUT2D eigenvalue weighted by atomic mass is 32.1. The Morgan fingerprint density at radius 3 is 2.39 bits per heavy atom. The predicted octanol–water partition coefficient (Wildman–Crippen LogP) is 5.64. The van der Waals surface area contributed by atoms with Gasteiger partial charge in [-0.25, -0.2) is 4.39 Å². The lowest BCUT2D eigenvalue weighted by Crippen LogP contribution is -2.36. The summed E-state index contributed by atoms with van der Waals surface area (Å²) in [6.07, 6.45) is 1.81. The molecule has 0 radical (unpaired) electrons. The molecular formula is C30H30FN5OS. The van der Waals surface area contributed by atoms with Gasteiger partial charge in [-0.1, -0.05) is 12.1 Å². The highest BCUT2D eigenvalue weighted by Crippen LogP contribution is 2.44. The van der Waals surface area contributed by atoms with Gasteiger partial charge in [0.2, 0.25) is 0 Å². The topological polar surface area (TPSA) is 45.6 Å². The van der Waals surface area contributed by atoms with Crippen molar-refractivity contribution in [1.82, 2.24) is 14.9 Å². The van der Waals surface area contributed by atoms with E-state index in [-0.39, 0.29) is 17.9 Å². The summed E-state index contributed by atoms with van der Waals surface area (Å²) in [6, 6.07) is 23.2. The van der Waals surface area contributed by atoms with Crippen LogP contribution in [-0.4, -0.2) is 41.0 Å². The quantitative estimate of drug-likeness (QED) is 0.339. The number of morpholine rings is 1. The normalized spacial score (nSPS) is 19.6. The summed E-state index contributed by atoms with van der Waals surface area (Å²) in [6.45, 7) is 7.41. The minimum atomic E-state index is -0.256. The first-order valence-corrected chi connectivity index (χ1v) is 13.3. The number of nitrogens with zero attached hydrogens (tertiary/aromatic N) is 4. The maximum Gasteiger partial charge on any atom is 0.174 e. The highest BCUT2D eigenvalue weighted by Gasteiger charge is 2.42. The molecular weight excluding hydrogens is 497 g/mol. The molecule has 0 spiro atoms. The van der Waals surface area contributed by atoms with Gasteiger partial charge in [-0.15, -0.1) is 0 Å². The van der Waals surface area contributed by atoms with E-state index in [1.165, 1.54) is 11.8 Å². The summed E-state index contributed by atoms with van der Waals surface area (Å²) in [5.74, 6) is -0.256. The van der Waals surface area contributed by atoms with E-state index in [4.69, 9.17) is 17.0 Å². The number of aryl methyl sites for hydroxylation is 1. The number of benzene rings is 2.